The van der Waals surface area contributed by atoms with Gasteiger partial charge in [0, 0.05) is 25.5 Å². The lowest BCUT2D eigenvalue weighted by Crippen LogP contribution is -2.28. The van der Waals surface area contributed by atoms with Crippen LogP contribution in [0.4, 0.5) is 10.1 Å². The van der Waals surface area contributed by atoms with E-state index in [1.807, 2.05) is 13.1 Å². The van der Waals surface area contributed by atoms with E-state index in [1.54, 1.807) is 23.0 Å². The summed E-state index contributed by atoms with van der Waals surface area (Å²) in [6, 6.07) is 7.67. The number of hydrogen-bond acceptors (Lipinski definition) is 3. The van der Waals surface area contributed by atoms with Crippen molar-refractivity contribution in [1.29, 1.82) is 0 Å². The summed E-state index contributed by atoms with van der Waals surface area (Å²) in [5, 5.41) is 9.64. The summed E-state index contributed by atoms with van der Waals surface area (Å²) in [5.41, 5.74) is 1.44. The Bertz CT molecular complexity index is 567. The number of nitrogens with zero attached hydrogens (tertiary/aromatic N) is 2. The van der Waals surface area contributed by atoms with E-state index >= 15 is 0 Å². The molecule has 0 aliphatic rings. The van der Waals surface area contributed by atoms with Gasteiger partial charge in [0.1, 0.15) is 5.82 Å². The molecule has 1 amide bonds. The Morgan fingerprint density at radius 2 is 2.26 bits per heavy atom. The van der Waals surface area contributed by atoms with Crippen LogP contribution in [0.25, 0.3) is 0 Å². The second-order valence-corrected chi connectivity index (χ2v) is 4.11. The van der Waals surface area contributed by atoms with Gasteiger partial charge in [-0.3, -0.25) is 9.48 Å². The largest absolute Gasteiger partial charge is 0.325 e. The van der Waals surface area contributed by atoms with Crippen LogP contribution in [0.2, 0.25) is 0 Å². The first-order chi connectivity index (χ1) is 9.15. The lowest BCUT2D eigenvalue weighted by Gasteiger charge is -2.07. The Labute approximate surface area is 110 Å². The van der Waals surface area contributed by atoms with Crippen LogP contribution in [0.1, 0.15) is 5.69 Å². The Kier molecular flexibility index (Phi) is 4.25. The lowest BCUT2D eigenvalue weighted by atomic mass is 10.3. The van der Waals surface area contributed by atoms with Crippen LogP contribution in [-0.2, 0) is 18.4 Å². The number of anilines is 1. The van der Waals surface area contributed by atoms with Crippen LogP contribution < -0.4 is 10.6 Å². The average molecular weight is 262 g/mol. The Hall–Kier alpha value is -2.21. The van der Waals surface area contributed by atoms with E-state index in [4.69, 9.17) is 0 Å². The second-order valence-electron chi connectivity index (χ2n) is 4.11. The molecule has 2 N–H and O–H groups in total. The van der Waals surface area contributed by atoms with E-state index in [0.29, 0.717) is 12.2 Å². The number of rotatable bonds is 5. The first kappa shape index (κ1) is 13.2. The molecular formula is C13H15FN4O. The van der Waals surface area contributed by atoms with Gasteiger partial charge in [0.15, 0.2) is 0 Å². The van der Waals surface area contributed by atoms with Crippen molar-refractivity contribution < 1.29 is 9.18 Å². The molecule has 1 aromatic carbocycles. The molecule has 0 spiro atoms. The van der Waals surface area contributed by atoms with Gasteiger partial charge in [0.2, 0.25) is 5.91 Å². The van der Waals surface area contributed by atoms with Gasteiger partial charge >= 0.3 is 0 Å². The molecule has 0 saturated heterocycles. The molecule has 0 unspecified atom stereocenters. The molecule has 0 aliphatic heterocycles. The number of hydrogen-bond donors (Lipinski definition) is 2. The maximum absolute atomic E-state index is 12.9. The quantitative estimate of drug-likeness (QED) is 0.853. The van der Waals surface area contributed by atoms with Crippen molar-refractivity contribution in [2.75, 3.05) is 11.9 Å². The van der Waals surface area contributed by atoms with Crippen molar-refractivity contribution in [2.45, 2.75) is 6.54 Å². The van der Waals surface area contributed by atoms with Crippen LogP contribution >= 0.6 is 0 Å². The van der Waals surface area contributed by atoms with Crippen molar-refractivity contribution in [3.05, 3.63) is 48.0 Å². The molecular weight excluding hydrogens is 247 g/mol. The van der Waals surface area contributed by atoms with Gasteiger partial charge in [0.05, 0.1) is 12.2 Å². The fourth-order valence-corrected chi connectivity index (χ4v) is 1.65. The number of carbonyl (C=O) groups excluding carboxylic acids is 1. The number of aryl methyl sites for hydroxylation is 1. The first-order valence-corrected chi connectivity index (χ1v) is 5.88. The number of benzene rings is 1. The minimum Gasteiger partial charge on any atom is -0.325 e. The maximum atomic E-state index is 12.9. The van der Waals surface area contributed by atoms with Gasteiger partial charge in [-0.15, -0.1) is 0 Å². The average Bonchev–Trinajstić information content (AvgIpc) is 2.75. The highest BCUT2D eigenvalue weighted by Crippen LogP contribution is 2.08. The highest BCUT2D eigenvalue weighted by Gasteiger charge is 2.04. The summed E-state index contributed by atoms with van der Waals surface area (Å²) in [4.78, 5) is 11.6. The van der Waals surface area contributed by atoms with E-state index in [1.165, 1.54) is 12.1 Å². The van der Waals surface area contributed by atoms with Gasteiger partial charge in [-0.05, 0) is 24.3 Å². The van der Waals surface area contributed by atoms with Gasteiger partial charge in [-0.2, -0.15) is 5.10 Å². The van der Waals surface area contributed by atoms with Crippen LogP contribution in [0.3, 0.4) is 0 Å². The molecule has 2 aromatic rings. The number of amides is 1. The summed E-state index contributed by atoms with van der Waals surface area (Å²) in [7, 11) is 1.84. The molecule has 1 aromatic heterocycles. The van der Waals surface area contributed by atoms with Crippen molar-refractivity contribution in [1.82, 2.24) is 15.1 Å². The molecule has 0 aliphatic carbocycles. The SMILES string of the molecule is Cn1nccc1CNCC(=O)Nc1cccc(F)c1. The highest BCUT2D eigenvalue weighted by atomic mass is 19.1. The molecule has 6 heteroatoms. The molecule has 0 fully saturated rings. The number of nitrogens with one attached hydrogen (secondary N) is 2. The predicted molar refractivity (Wildman–Crippen MR) is 69.9 cm³/mol. The monoisotopic (exact) mass is 262 g/mol. The molecule has 0 atom stereocenters. The third-order valence-corrected chi connectivity index (χ3v) is 2.62. The first-order valence-electron chi connectivity index (χ1n) is 5.88. The predicted octanol–water partition coefficient (Wildman–Crippen LogP) is 1.29. The lowest BCUT2D eigenvalue weighted by molar-refractivity contribution is -0.115. The highest BCUT2D eigenvalue weighted by molar-refractivity contribution is 5.92. The van der Waals surface area contributed by atoms with E-state index in [-0.39, 0.29) is 18.3 Å². The molecule has 0 radical (unpaired) electrons. The van der Waals surface area contributed by atoms with Gasteiger partial charge in [0.25, 0.3) is 0 Å². The second kappa shape index (κ2) is 6.10. The summed E-state index contributed by atoms with van der Waals surface area (Å²) < 4.78 is 14.7. The number of halogens is 1. The minimum atomic E-state index is -0.374. The summed E-state index contributed by atoms with van der Waals surface area (Å²) in [6.07, 6.45) is 1.70. The van der Waals surface area contributed by atoms with Crippen molar-refractivity contribution >= 4 is 11.6 Å². The standard InChI is InChI=1S/C13H15FN4O/c1-18-12(5-6-16-18)8-15-9-13(19)17-11-4-2-3-10(14)7-11/h2-7,15H,8-9H2,1H3,(H,17,19). The molecule has 0 bridgehead atoms. The van der Waals surface area contributed by atoms with Crippen LogP contribution in [0.5, 0.6) is 0 Å². The number of aromatic nitrogens is 2. The Morgan fingerprint density at radius 1 is 1.42 bits per heavy atom. The van der Waals surface area contributed by atoms with Crippen molar-refractivity contribution in [2.24, 2.45) is 7.05 Å². The minimum absolute atomic E-state index is 0.154. The smallest absolute Gasteiger partial charge is 0.238 e. The molecule has 0 saturated carbocycles. The summed E-state index contributed by atoms with van der Waals surface area (Å²) >= 11 is 0. The van der Waals surface area contributed by atoms with Crippen LogP contribution in [0.15, 0.2) is 36.5 Å². The van der Waals surface area contributed by atoms with Crippen LogP contribution in [0, 0.1) is 5.82 Å². The zero-order valence-electron chi connectivity index (χ0n) is 10.6. The molecule has 2 rings (SSSR count). The fraction of sp³-hybridized carbons (Fsp3) is 0.231. The van der Waals surface area contributed by atoms with Crippen LogP contribution in [-0.4, -0.2) is 22.2 Å². The molecule has 5 nitrogen and oxygen atoms in total. The van der Waals surface area contributed by atoms with Gasteiger partial charge < -0.3 is 10.6 Å². The number of carbonyl (C=O) groups is 1. The molecule has 19 heavy (non-hydrogen) atoms. The zero-order chi connectivity index (χ0) is 13.7. The van der Waals surface area contributed by atoms with Crippen molar-refractivity contribution in [3.8, 4) is 0 Å². The summed E-state index contributed by atoms with van der Waals surface area (Å²) in [6.45, 7) is 0.703. The Balaban J connectivity index is 1.77. The zero-order valence-corrected chi connectivity index (χ0v) is 10.6. The topological polar surface area (TPSA) is 59.0 Å². The molecule has 1 heterocycles. The molecule has 100 valence electrons. The van der Waals surface area contributed by atoms with Gasteiger partial charge in [-0.25, -0.2) is 4.39 Å². The third-order valence-electron chi connectivity index (χ3n) is 2.62. The fourth-order valence-electron chi connectivity index (χ4n) is 1.65. The van der Waals surface area contributed by atoms with E-state index < -0.39 is 0 Å². The van der Waals surface area contributed by atoms with Gasteiger partial charge in [-0.1, -0.05) is 6.07 Å². The van der Waals surface area contributed by atoms with E-state index in [9.17, 15) is 9.18 Å². The van der Waals surface area contributed by atoms with E-state index in [2.05, 4.69) is 15.7 Å². The third kappa shape index (κ3) is 3.89. The van der Waals surface area contributed by atoms with Crippen molar-refractivity contribution in [3.63, 3.8) is 0 Å². The maximum Gasteiger partial charge on any atom is 0.238 e. The van der Waals surface area contributed by atoms with E-state index in [0.717, 1.165) is 5.69 Å². The summed E-state index contributed by atoms with van der Waals surface area (Å²) in [5.74, 6) is -0.589. The normalized spacial score (nSPS) is 10.4. The Morgan fingerprint density at radius 3 is 2.95 bits per heavy atom.